The Labute approximate surface area is 131 Å². The van der Waals surface area contributed by atoms with Crippen LogP contribution in [0.5, 0.6) is 0 Å². The molecule has 0 unspecified atom stereocenters. The van der Waals surface area contributed by atoms with Crippen LogP contribution in [-0.4, -0.2) is 63.3 Å². The summed E-state index contributed by atoms with van der Waals surface area (Å²) in [5.41, 5.74) is 1.10. The lowest BCUT2D eigenvalue weighted by Gasteiger charge is -2.17. The molecule has 1 aromatic rings. The summed E-state index contributed by atoms with van der Waals surface area (Å²) in [6.45, 7) is 8.32. The molecule has 6 nitrogen and oxygen atoms in total. The summed E-state index contributed by atoms with van der Waals surface area (Å²) in [5, 5.41) is 7.74. The number of ether oxygens (including phenoxy) is 1. The fourth-order valence-corrected chi connectivity index (χ4v) is 2.72. The topological polar surface area (TPSA) is 61.8 Å². The van der Waals surface area contributed by atoms with Gasteiger partial charge >= 0.3 is 0 Å². The molecule has 7 heteroatoms. The molecule has 1 heterocycles. The van der Waals surface area contributed by atoms with Crippen molar-refractivity contribution in [3.8, 4) is 0 Å². The summed E-state index contributed by atoms with van der Waals surface area (Å²) in [6.07, 6.45) is 0. The van der Waals surface area contributed by atoms with Crippen LogP contribution in [-0.2, 0) is 11.3 Å². The molecular formula is C14H27N5OS. The molecule has 0 saturated carbocycles. The van der Waals surface area contributed by atoms with Crippen LogP contribution in [0.15, 0.2) is 4.99 Å². The number of aryl methyl sites for hydroxylation is 2. The van der Waals surface area contributed by atoms with E-state index in [1.807, 2.05) is 13.8 Å². The zero-order valence-electron chi connectivity index (χ0n) is 13.7. The Morgan fingerprint density at radius 2 is 2.10 bits per heavy atom. The van der Waals surface area contributed by atoms with E-state index in [0.717, 1.165) is 49.4 Å². The Morgan fingerprint density at radius 1 is 1.33 bits per heavy atom. The van der Waals surface area contributed by atoms with Crippen molar-refractivity contribution in [2.24, 2.45) is 4.99 Å². The lowest BCUT2D eigenvalue weighted by Crippen LogP contribution is -2.41. The highest BCUT2D eigenvalue weighted by Crippen LogP contribution is 2.16. The summed E-state index contributed by atoms with van der Waals surface area (Å²) in [4.78, 5) is 12.1. The Morgan fingerprint density at radius 3 is 2.67 bits per heavy atom. The predicted molar refractivity (Wildman–Crippen MR) is 89.2 cm³/mol. The van der Waals surface area contributed by atoms with Gasteiger partial charge in [0, 0.05) is 38.7 Å². The zero-order valence-corrected chi connectivity index (χ0v) is 14.5. The third-order valence-electron chi connectivity index (χ3n) is 3.10. The van der Waals surface area contributed by atoms with E-state index in [4.69, 9.17) is 4.74 Å². The first-order chi connectivity index (χ1) is 10.1. The Bertz CT molecular complexity index is 447. The third-order valence-corrected chi connectivity index (χ3v) is 4.18. The summed E-state index contributed by atoms with van der Waals surface area (Å²) in [6, 6.07) is 0. The lowest BCUT2D eigenvalue weighted by atomic mass is 10.4. The van der Waals surface area contributed by atoms with Crippen LogP contribution < -0.4 is 10.6 Å². The van der Waals surface area contributed by atoms with Crippen LogP contribution in [0, 0.1) is 13.8 Å². The first kappa shape index (κ1) is 17.9. The van der Waals surface area contributed by atoms with Gasteiger partial charge in [0.1, 0.15) is 0 Å². The number of nitrogens with zero attached hydrogens (tertiary/aromatic N) is 3. The van der Waals surface area contributed by atoms with Crippen molar-refractivity contribution in [1.29, 1.82) is 0 Å². The fraction of sp³-hybridized carbons (Fsp3) is 0.714. The Hall–Kier alpha value is -1.18. The van der Waals surface area contributed by atoms with Gasteiger partial charge in [-0.25, -0.2) is 4.98 Å². The zero-order chi connectivity index (χ0) is 15.7. The Balaban J connectivity index is 2.28. The van der Waals surface area contributed by atoms with Gasteiger partial charge in [0.05, 0.1) is 23.9 Å². The molecule has 2 N–H and O–H groups in total. The molecule has 0 atom stereocenters. The van der Waals surface area contributed by atoms with E-state index < -0.39 is 0 Å². The highest BCUT2D eigenvalue weighted by Gasteiger charge is 2.06. The maximum Gasteiger partial charge on any atom is 0.191 e. The van der Waals surface area contributed by atoms with Crippen molar-refractivity contribution in [3.05, 3.63) is 15.6 Å². The number of nitrogens with one attached hydrogen (secondary N) is 2. The fourth-order valence-electron chi connectivity index (χ4n) is 1.85. The number of hydrogen-bond donors (Lipinski definition) is 2. The average molecular weight is 313 g/mol. The summed E-state index contributed by atoms with van der Waals surface area (Å²) in [7, 11) is 5.59. The summed E-state index contributed by atoms with van der Waals surface area (Å²) >= 11 is 1.73. The molecule has 0 aliphatic rings. The van der Waals surface area contributed by atoms with Gasteiger partial charge in [-0.15, -0.1) is 11.3 Å². The second-order valence-electron chi connectivity index (χ2n) is 4.89. The molecule has 0 amide bonds. The van der Waals surface area contributed by atoms with Crippen LogP contribution in [0.1, 0.15) is 15.6 Å². The lowest BCUT2D eigenvalue weighted by molar-refractivity contribution is 0.162. The number of hydrogen-bond acceptors (Lipinski definition) is 5. The standard InChI is InChI=1S/C14H27N5OS/c1-11-13(21-12(2)18-11)10-17-14(15-3)16-6-7-19(4)8-9-20-5/h6-10H2,1-5H3,(H2,15,16,17). The van der Waals surface area contributed by atoms with E-state index in [9.17, 15) is 0 Å². The normalized spacial score (nSPS) is 12.0. The molecule has 0 aliphatic carbocycles. The number of methoxy groups -OCH3 is 1. The van der Waals surface area contributed by atoms with Crippen LogP contribution in [0.4, 0.5) is 0 Å². The predicted octanol–water partition coefficient (Wildman–Crippen LogP) is 1.00. The van der Waals surface area contributed by atoms with Gasteiger partial charge < -0.3 is 20.3 Å². The maximum atomic E-state index is 5.06. The Kier molecular flexibility index (Phi) is 8.26. The molecule has 1 rings (SSSR count). The van der Waals surface area contributed by atoms with Gasteiger partial charge in [-0.1, -0.05) is 0 Å². The number of rotatable bonds is 8. The van der Waals surface area contributed by atoms with Crippen molar-refractivity contribution < 1.29 is 4.74 Å². The van der Waals surface area contributed by atoms with E-state index in [2.05, 4.69) is 32.6 Å². The van der Waals surface area contributed by atoms with E-state index in [0.29, 0.717) is 0 Å². The first-order valence-corrected chi connectivity index (χ1v) is 7.93. The smallest absolute Gasteiger partial charge is 0.191 e. The van der Waals surface area contributed by atoms with E-state index in [-0.39, 0.29) is 0 Å². The van der Waals surface area contributed by atoms with Crippen LogP contribution >= 0.6 is 11.3 Å². The van der Waals surface area contributed by atoms with Crippen LogP contribution in [0.3, 0.4) is 0 Å². The quantitative estimate of drug-likeness (QED) is 0.554. The molecule has 0 bridgehead atoms. The van der Waals surface area contributed by atoms with Crippen LogP contribution in [0.25, 0.3) is 0 Å². The van der Waals surface area contributed by atoms with Crippen molar-refractivity contribution in [3.63, 3.8) is 0 Å². The number of likely N-dealkylation sites (N-methyl/N-ethyl adjacent to an activating group) is 1. The van der Waals surface area contributed by atoms with Gasteiger partial charge in [0.2, 0.25) is 0 Å². The SMILES string of the molecule is CN=C(NCCN(C)CCOC)NCc1sc(C)nc1C. The van der Waals surface area contributed by atoms with Crippen molar-refractivity contribution in [1.82, 2.24) is 20.5 Å². The number of guanidine groups is 1. The molecule has 21 heavy (non-hydrogen) atoms. The third kappa shape index (κ3) is 6.88. The second-order valence-corrected chi connectivity index (χ2v) is 6.18. The minimum absolute atomic E-state index is 0.757. The van der Waals surface area contributed by atoms with Crippen molar-refractivity contribution in [2.75, 3.05) is 47.4 Å². The first-order valence-electron chi connectivity index (χ1n) is 7.11. The second kappa shape index (κ2) is 9.70. The number of aliphatic imine (C=N–C) groups is 1. The molecule has 0 saturated heterocycles. The average Bonchev–Trinajstić information content (AvgIpc) is 2.78. The van der Waals surface area contributed by atoms with Gasteiger partial charge in [-0.2, -0.15) is 0 Å². The molecule has 0 spiro atoms. The van der Waals surface area contributed by atoms with Gasteiger partial charge in [0.15, 0.2) is 5.96 Å². The van der Waals surface area contributed by atoms with Crippen molar-refractivity contribution >= 4 is 17.3 Å². The van der Waals surface area contributed by atoms with E-state index in [1.165, 1.54) is 4.88 Å². The summed E-state index contributed by atoms with van der Waals surface area (Å²) < 4.78 is 5.06. The van der Waals surface area contributed by atoms with Gasteiger partial charge in [0.25, 0.3) is 0 Å². The van der Waals surface area contributed by atoms with E-state index in [1.54, 1.807) is 25.5 Å². The van der Waals surface area contributed by atoms with Gasteiger partial charge in [-0.05, 0) is 20.9 Å². The molecule has 120 valence electrons. The minimum atomic E-state index is 0.757. The molecule has 0 fully saturated rings. The monoisotopic (exact) mass is 313 g/mol. The van der Waals surface area contributed by atoms with E-state index >= 15 is 0 Å². The van der Waals surface area contributed by atoms with Crippen LogP contribution in [0.2, 0.25) is 0 Å². The molecule has 0 radical (unpaired) electrons. The van der Waals surface area contributed by atoms with Gasteiger partial charge in [-0.3, -0.25) is 4.99 Å². The summed E-state index contributed by atoms with van der Waals surface area (Å²) in [5.74, 6) is 0.820. The molecule has 1 aromatic heterocycles. The maximum absolute atomic E-state index is 5.06. The number of aromatic nitrogens is 1. The molecule has 0 aromatic carbocycles. The minimum Gasteiger partial charge on any atom is -0.383 e. The molecule has 0 aliphatic heterocycles. The molecular weight excluding hydrogens is 286 g/mol. The highest BCUT2D eigenvalue weighted by molar-refractivity contribution is 7.11. The largest absolute Gasteiger partial charge is 0.383 e. The highest BCUT2D eigenvalue weighted by atomic mass is 32.1. The van der Waals surface area contributed by atoms with Crippen molar-refractivity contribution in [2.45, 2.75) is 20.4 Å². The number of thiazole rings is 1.